The summed E-state index contributed by atoms with van der Waals surface area (Å²) in [4.78, 5) is 4.49. The molecule has 0 radical (unpaired) electrons. The Labute approximate surface area is 123 Å². The third-order valence-corrected chi connectivity index (χ3v) is 3.69. The molecule has 3 nitrogen and oxygen atoms in total. The number of nitrogens with zero attached hydrogens (tertiary/aromatic N) is 1. The molecule has 0 saturated heterocycles. The number of halogens is 1. The van der Waals surface area contributed by atoms with Crippen LogP contribution in [-0.2, 0) is 5.54 Å². The van der Waals surface area contributed by atoms with Gasteiger partial charge in [-0.1, -0.05) is 11.6 Å². The number of benzene rings is 2. The van der Waals surface area contributed by atoms with Gasteiger partial charge in [-0.2, -0.15) is 0 Å². The van der Waals surface area contributed by atoms with E-state index >= 15 is 0 Å². The van der Waals surface area contributed by atoms with Gasteiger partial charge in [0.2, 0.25) is 0 Å². The quantitative estimate of drug-likeness (QED) is 0.833. The SMILES string of the molecule is CC1(C)N=Cc2ccc(Oc3ccc(N)cc3Cl)cc21. The zero-order valence-corrected chi connectivity index (χ0v) is 12.1. The van der Waals surface area contributed by atoms with E-state index in [1.54, 1.807) is 18.2 Å². The first-order valence-corrected chi connectivity index (χ1v) is 6.76. The highest BCUT2D eigenvalue weighted by atomic mass is 35.5. The normalized spacial score (nSPS) is 15.2. The lowest BCUT2D eigenvalue weighted by Gasteiger charge is -2.17. The lowest BCUT2D eigenvalue weighted by atomic mass is 9.94. The highest BCUT2D eigenvalue weighted by Crippen LogP contribution is 2.37. The Morgan fingerprint density at radius 2 is 1.95 bits per heavy atom. The van der Waals surface area contributed by atoms with Crippen molar-refractivity contribution in [2.24, 2.45) is 4.99 Å². The van der Waals surface area contributed by atoms with Gasteiger partial charge in [0.15, 0.2) is 0 Å². The first-order chi connectivity index (χ1) is 9.45. The van der Waals surface area contributed by atoms with Gasteiger partial charge in [0, 0.05) is 11.9 Å². The molecule has 20 heavy (non-hydrogen) atoms. The summed E-state index contributed by atoms with van der Waals surface area (Å²) < 4.78 is 5.84. The van der Waals surface area contributed by atoms with Crippen molar-refractivity contribution in [2.45, 2.75) is 19.4 Å². The molecule has 2 aromatic carbocycles. The predicted octanol–water partition coefficient (Wildman–Crippen LogP) is 4.38. The zero-order chi connectivity index (χ0) is 14.3. The molecule has 3 rings (SSSR count). The van der Waals surface area contributed by atoms with Crippen LogP contribution in [0.5, 0.6) is 11.5 Å². The second-order valence-corrected chi connectivity index (χ2v) is 5.77. The number of anilines is 1. The van der Waals surface area contributed by atoms with Crippen molar-refractivity contribution in [3.63, 3.8) is 0 Å². The van der Waals surface area contributed by atoms with Crippen LogP contribution < -0.4 is 10.5 Å². The third kappa shape index (κ3) is 2.25. The van der Waals surface area contributed by atoms with Gasteiger partial charge in [-0.05, 0) is 61.4 Å². The van der Waals surface area contributed by atoms with E-state index in [1.807, 2.05) is 24.4 Å². The molecule has 1 heterocycles. The van der Waals surface area contributed by atoms with E-state index in [9.17, 15) is 0 Å². The summed E-state index contributed by atoms with van der Waals surface area (Å²) >= 11 is 6.12. The van der Waals surface area contributed by atoms with Crippen LogP contribution in [0.2, 0.25) is 5.02 Å². The van der Waals surface area contributed by atoms with Gasteiger partial charge >= 0.3 is 0 Å². The molecule has 1 aliphatic heterocycles. The molecule has 2 aromatic rings. The van der Waals surface area contributed by atoms with Crippen molar-refractivity contribution in [3.8, 4) is 11.5 Å². The van der Waals surface area contributed by atoms with E-state index in [4.69, 9.17) is 22.1 Å². The molecular weight excluding hydrogens is 272 g/mol. The monoisotopic (exact) mass is 286 g/mol. The molecule has 0 bridgehead atoms. The number of hydrogen-bond acceptors (Lipinski definition) is 3. The Balaban J connectivity index is 1.93. The number of nitrogen functional groups attached to an aromatic ring is 1. The fourth-order valence-corrected chi connectivity index (χ4v) is 2.50. The summed E-state index contributed by atoms with van der Waals surface area (Å²) in [5, 5.41) is 0.501. The maximum Gasteiger partial charge on any atom is 0.146 e. The first-order valence-electron chi connectivity index (χ1n) is 6.38. The largest absolute Gasteiger partial charge is 0.456 e. The molecule has 0 aliphatic carbocycles. The van der Waals surface area contributed by atoms with Gasteiger partial charge < -0.3 is 10.5 Å². The Hall–Kier alpha value is -2.00. The molecule has 2 N–H and O–H groups in total. The number of hydrogen-bond donors (Lipinski definition) is 1. The lowest BCUT2D eigenvalue weighted by molar-refractivity contribution is 0.478. The Bertz CT molecular complexity index is 708. The van der Waals surface area contributed by atoms with Crippen molar-refractivity contribution in [2.75, 3.05) is 5.73 Å². The number of ether oxygens (including phenoxy) is 1. The van der Waals surface area contributed by atoms with Crippen LogP contribution in [0.4, 0.5) is 5.69 Å². The Kier molecular flexibility index (Phi) is 2.94. The molecule has 0 atom stereocenters. The van der Waals surface area contributed by atoms with Crippen LogP contribution in [0.1, 0.15) is 25.0 Å². The first kappa shape index (κ1) is 13.0. The predicted molar refractivity (Wildman–Crippen MR) is 83.0 cm³/mol. The minimum atomic E-state index is -0.209. The highest BCUT2D eigenvalue weighted by Gasteiger charge is 2.26. The van der Waals surface area contributed by atoms with Crippen LogP contribution in [0.15, 0.2) is 41.4 Å². The molecule has 4 heteroatoms. The Morgan fingerprint density at radius 1 is 1.15 bits per heavy atom. The summed E-state index contributed by atoms with van der Waals surface area (Å²) in [6.07, 6.45) is 1.90. The van der Waals surface area contributed by atoms with Crippen LogP contribution in [0.3, 0.4) is 0 Å². The standard InChI is InChI=1S/C16H15ClN2O/c1-16(2)13-8-12(5-3-10(13)9-19-16)20-15-6-4-11(18)7-14(15)17/h3-9H,18H2,1-2H3. The third-order valence-electron chi connectivity index (χ3n) is 3.39. The molecular formula is C16H15ClN2O. The van der Waals surface area contributed by atoms with Gasteiger partial charge in [-0.15, -0.1) is 0 Å². The van der Waals surface area contributed by atoms with Crippen molar-refractivity contribution < 1.29 is 4.74 Å². The molecule has 102 valence electrons. The highest BCUT2D eigenvalue weighted by molar-refractivity contribution is 6.32. The maximum absolute atomic E-state index is 6.12. The summed E-state index contributed by atoms with van der Waals surface area (Å²) in [6, 6.07) is 11.1. The molecule has 1 aliphatic rings. The minimum absolute atomic E-state index is 0.209. The van der Waals surface area contributed by atoms with E-state index in [2.05, 4.69) is 18.8 Å². The molecule has 0 amide bonds. The van der Waals surface area contributed by atoms with Gasteiger partial charge in [0.1, 0.15) is 11.5 Å². The summed E-state index contributed by atoms with van der Waals surface area (Å²) in [6.45, 7) is 4.16. The van der Waals surface area contributed by atoms with Crippen LogP contribution in [0, 0.1) is 0 Å². The zero-order valence-electron chi connectivity index (χ0n) is 11.4. The number of aliphatic imine (C=N–C) groups is 1. The van der Waals surface area contributed by atoms with Crippen LogP contribution in [-0.4, -0.2) is 6.21 Å². The lowest BCUT2D eigenvalue weighted by Crippen LogP contribution is -2.10. The van der Waals surface area contributed by atoms with E-state index in [0.29, 0.717) is 16.5 Å². The second kappa shape index (κ2) is 4.53. The average Bonchev–Trinajstić information content (AvgIpc) is 2.69. The van der Waals surface area contributed by atoms with Crippen molar-refractivity contribution in [1.29, 1.82) is 0 Å². The van der Waals surface area contributed by atoms with Gasteiger partial charge in [-0.3, -0.25) is 4.99 Å². The van der Waals surface area contributed by atoms with Crippen LogP contribution >= 0.6 is 11.6 Å². The second-order valence-electron chi connectivity index (χ2n) is 5.36. The maximum atomic E-state index is 6.12. The number of nitrogens with two attached hydrogens (primary N) is 1. The molecule has 0 unspecified atom stereocenters. The van der Waals surface area contributed by atoms with E-state index in [-0.39, 0.29) is 5.54 Å². The fraction of sp³-hybridized carbons (Fsp3) is 0.188. The molecule has 0 spiro atoms. The fourth-order valence-electron chi connectivity index (χ4n) is 2.27. The summed E-state index contributed by atoms with van der Waals surface area (Å²) in [7, 11) is 0. The molecule has 0 aromatic heterocycles. The topological polar surface area (TPSA) is 47.6 Å². The van der Waals surface area contributed by atoms with E-state index in [1.165, 1.54) is 0 Å². The van der Waals surface area contributed by atoms with Crippen molar-refractivity contribution in [1.82, 2.24) is 0 Å². The van der Waals surface area contributed by atoms with Gasteiger partial charge in [0.05, 0.1) is 10.6 Å². The average molecular weight is 287 g/mol. The van der Waals surface area contributed by atoms with Gasteiger partial charge in [0.25, 0.3) is 0 Å². The summed E-state index contributed by atoms with van der Waals surface area (Å²) in [5.41, 5.74) is 8.37. The van der Waals surface area contributed by atoms with Crippen molar-refractivity contribution in [3.05, 3.63) is 52.5 Å². The van der Waals surface area contributed by atoms with Gasteiger partial charge in [-0.25, -0.2) is 0 Å². The minimum Gasteiger partial charge on any atom is -0.456 e. The number of rotatable bonds is 2. The van der Waals surface area contributed by atoms with Crippen molar-refractivity contribution >= 4 is 23.5 Å². The smallest absolute Gasteiger partial charge is 0.146 e. The van der Waals surface area contributed by atoms with E-state index in [0.717, 1.165) is 16.9 Å². The van der Waals surface area contributed by atoms with E-state index < -0.39 is 0 Å². The Morgan fingerprint density at radius 3 is 2.70 bits per heavy atom. The molecule has 0 saturated carbocycles. The molecule has 0 fully saturated rings. The number of fused-ring (bicyclic) bond motifs is 1. The van der Waals surface area contributed by atoms with Crippen LogP contribution in [0.25, 0.3) is 0 Å². The summed E-state index contributed by atoms with van der Waals surface area (Å²) in [5.74, 6) is 1.34.